The predicted octanol–water partition coefficient (Wildman–Crippen LogP) is 7.53. The Kier molecular flexibility index (Phi) is 13.3. The average Bonchev–Trinajstić information content (AvgIpc) is 2.90. The Labute approximate surface area is 216 Å². The first-order valence-corrected chi connectivity index (χ1v) is 13.3. The molecular formula is C30H42O6. The number of carbonyl (C=O) groups is 1. The average molecular weight is 499 g/mol. The van der Waals surface area contributed by atoms with E-state index in [1.165, 1.54) is 0 Å². The van der Waals surface area contributed by atoms with Crippen molar-refractivity contribution < 1.29 is 28.5 Å². The summed E-state index contributed by atoms with van der Waals surface area (Å²) in [6.07, 6.45) is 7.62. The van der Waals surface area contributed by atoms with E-state index < -0.39 is 0 Å². The van der Waals surface area contributed by atoms with Crippen LogP contribution in [0.4, 0.5) is 0 Å². The van der Waals surface area contributed by atoms with Crippen LogP contribution >= 0.6 is 0 Å². The standard InChI is InChI=1S/C30H42O6/c1-6-15-32-24-12-14-28(34-17-8-3)23(20-24)11-13-27(31)26-21-25(33-16-7-2)22-29(35-18-9-4)30(26)36-19-10-5/h11-14,20-22H,6-10,15-19H2,1-5H3. The number of hydrogen-bond acceptors (Lipinski definition) is 6. The van der Waals surface area contributed by atoms with Gasteiger partial charge in [0, 0.05) is 11.6 Å². The van der Waals surface area contributed by atoms with Gasteiger partial charge in [-0.15, -0.1) is 0 Å². The van der Waals surface area contributed by atoms with Crippen molar-refractivity contribution in [1.82, 2.24) is 0 Å². The minimum atomic E-state index is -0.203. The molecule has 2 aromatic carbocycles. The fourth-order valence-electron chi connectivity index (χ4n) is 3.30. The fraction of sp³-hybridized carbons (Fsp3) is 0.500. The highest BCUT2D eigenvalue weighted by Gasteiger charge is 2.19. The van der Waals surface area contributed by atoms with E-state index in [1.54, 1.807) is 18.2 Å². The highest BCUT2D eigenvalue weighted by Crippen LogP contribution is 2.37. The van der Waals surface area contributed by atoms with Crippen molar-refractivity contribution in [3.05, 3.63) is 47.5 Å². The maximum absolute atomic E-state index is 13.5. The number of carbonyl (C=O) groups excluding carboxylic acids is 1. The third-order valence-electron chi connectivity index (χ3n) is 5.01. The maximum Gasteiger partial charge on any atom is 0.189 e. The van der Waals surface area contributed by atoms with Crippen LogP contribution in [0.5, 0.6) is 28.7 Å². The monoisotopic (exact) mass is 498 g/mol. The van der Waals surface area contributed by atoms with Crippen LogP contribution in [0.2, 0.25) is 0 Å². The largest absolute Gasteiger partial charge is 0.494 e. The summed E-state index contributed by atoms with van der Waals surface area (Å²) in [6, 6.07) is 9.22. The summed E-state index contributed by atoms with van der Waals surface area (Å²) in [4.78, 5) is 13.5. The molecule has 0 saturated carbocycles. The van der Waals surface area contributed by atoms with E-state index in [0.717, 1.165) is 43.4 Å². The van der Waals surface area contributed by atoms with Gasteiger partial charge in [0.15, 0.2) is 17.3 Å². The van der Waals surface area contributed by atoms with Gasteiger partial charge < -0.3 is 23.7 Å². The number of rotatable bonds is 18. The molecule has 0 heterocycles. The molecule has 0 unspecified atom stereocenters. The van der Waals surface area contributed by atoms with E-state index in [9.17, 15) is 4.79 Å². The summed E-state index contributed by atoms with van der Waals surface area (Å²) < 4.78 is 29.5. The van der Waals surface area contributed by atoms with Crippen molar-refractivity contribution in [3.8, 4) is 28.7 Å². The summed E-state index contributed by atoms with van der Waals surface area (Å²) in [5.41, 5.74) is 1.19. The van der Waals surface area contributed by atoms with Gasteiger partial charge in [-0.1, -0.05) is 34.6 Å². The first kappa shape index (κ1) is 29.1. The lowest BCUT2D eigenvalue weighted by molar-refractivity contribution is 0.104. The summed E-state index contributed by atoms with van der Waals surface area (Å²) in [5.74, 6) is 2.81. The minimum Gasteiger partial charge on any atom is -0.494 e. The SMILES string of the molecule is CCCOc1ccc(OCCC)c(C=CC(=O)c2cc(OCCC)cc(OCCC)c2OCCC)c1. The number of ether oxygens (including phenoxy) is 5. The molecule has 0 fully saturated rings. The van der Waals surface area contributed by atoms with Gasteiger partial charge in [0.2, 0.25) is 0 Å². The molecule has 0 radical (unpaired) electrons. The molecule has 0 saturated heterocycles. The van der Waals surface area contributed by atoms with Gasteiger partial charge in [0.1, 0.15) is 17.2 Å². The van der Waals surface area contributed by atoms with Crippen LogP contribution in [0.3, 0.4) is 0 Å². The summed E-state index contributed by atoms with van der Waals surface area (Å²) >= 11 is 0. The minimum absolute atomic E-state index is 0.203. The van der Waals surface area contributed by atoms with E-state index in [2.05, 4.69) is 13.8 Å². The molecule has 0 aliphatic carbocycles. The Balaban J connectivity index is 2.46. The van der Waals surface area contributed by atoms with Gasteiger partial charge >= 0.3 is 0 Å². The second-order valence-electron chi connectivity index (χ2n) is 8.44. The molecule has 0 aliphatic rings. The lowest BCUT2D eigenvalue weighted by atomic mass is 10.1. The van der Waals surface area contributed by atoms with Crippen LogP contribution in [0.1, 0.15) is 82.6 Å². The normalized spacial score (nSPS) is 10.9. The third kappa shape index (κ3) is 9.14. The summed E-state index contributed by atoms with van der Waals surface area (Å²) in [7, 11) is 0. The first-order chi connectivity index (χ1) is 17.6. The lowest BCUT2D eigenvalue weighted by Crippen LogP contribution is -2.08. The Bertz CT molecular complexity index is 966. The van der Waals surface area contributed by atoms with Gasteiger partial charge in [-0.2, -0.15) is 0 Å². The van der Waals surface area contributed by atoms with Crippen LogP contribution in [-0.4, -0.2) is 38.8 Å². The van der Waals surface area contributed by atoms with Gasteiger partial charge in [-0.25, -0.2) is 0 Å². The van der Waals surface area contributed by atoms with Crippen molar-refractivity contribution in [1.29, 1.82) is 0 Å². The van der Waals surface area contributed by atoms with Crippen molar-refractivity contribution >= 4 is 11.9 Å². The number of allylic oxidation sites excluding steroid dienone is 1. The predicted molar refractivity (Wildman–Crippen MR) is 145 cm³/mol. The molecule has 0 amide bonds. The molecule has 0 atom stereocenters. The molecule has 2 rings (SSSR count). The van der Waals surface area contributed by atoms with Crippen molar-refractivity contribution in [2.75, 3.05) is 33.0 Å². The molecule has 0 N–H and O–H groups in total. The van der Waals surface area contributed by atoms with E-state index in [4.69, 9.17) is 23.7 Å². The summed E-state index contributed by atoms with van der Waals surface area (Å²) in [5, 5.41) is 0. The van der Waals surface area contributed by atoms with E-state index >= 15 is 0 Å². The zero-order valence-corrected chi connectivity index (χ0v) is 22.6. The van der Waals surface area contributed by atoms with Gasteiger partial charge in [0.05, 0.1) is 38.6 Å². The van der Waals surface area contributed by atoms with Crippen molar-refractivity contribution in [2.45, 2.75) is 66.7 Å². The molecule has 6 nitrogen and oxygen atoms in total. The smallest absolute Gasteiger partial charge is 0.189 e. The molecule has 36 heavy (non-hydrogen) atoms. The van der Waals surface area contributed by atoms with Crippen molar-refractivity contribution in [3.63, 3.8) is 0 Å². The van der Waals surface area contributed by atoms with E-state index in [0.29, 0.717) is 61.6 Å². The fourth-order valence-corrected chi connectivity index (χ4v) is 3.30. The highest BCUT2D eigenvalue weighted by atomic mass is 16.5. The zero-order valence-electron chi connectivity index (χ0n) is 22.6. The topological polar surface area (TPSA) is 63.2 Å². The molecule has 0 bridgehead atoms. The molecule has 0 aliphatic heterocycles. The zero-order chi connectivity index (χ0) is 26.2. The number of hydrogen-bond donors (Lipinski definition) is 0. The Hall–Kier alpha value is -3.15. The molecule has 0 aromatic heterocycles. The van der Waals surface area contributed by atoms with E-state index in [1.807, 2.05) is 45.0 Å². The van der Waals surface area contributed by atoms with Crippen LogP contribution in [0, 0.1) is 0 Å². The van der Waals surface area contributed by atoms with Crippen LogP contribution in [-0.2, 0) is 0 Å². The number of benzene rings is 2. The molecule has 6 heteroatoms. The van der Waals surface area contributed by atoms with Crippen LogP contribution in [0.25, 0.3) is 6.08 Å². The van der Waals surface area contributed by atoms with Gasteiger partial charge in [-0.3, -0.25) is 4.79 Å². The third-order valence-corrected chi connectivity index (χ3v) is 5.01. The van der Waals surface area contributed by atoms with Crippen molar-refractivity contribution in [2.24, 2.45) is 0 Å². The quantitative estimate of drug-likeness (QED) is 0.156. The Morgan fingerprint density at radius 2 is 1.19 bits per heavy atom. The maximum atomic E-state index is 13.5. The van der Waals surface area contributed by atoms with Crippen LogP contribution < -0.4 is 23.7 Å². The van der Waals surface area contributed by atoms with E-state index in [-0.39, 0.29) is 5.78 Å². The Morgan fingerprint density at radius 3 is 1.83 bits per heavy atom. The Morgan fingerprint density at radius 1 is 0.639 bits per heavy atom. The first-order valence-electron chi connectivity index (χ1n) is 13.3. The summed E-state index contributed by atoms with van der Waals surface area (Å²) in [6.45, 7) is 13.0. The highest BCUT2D eigenvalue weighted by molar-refractivity contribution is 6.09. The van der Waals surface area contributed by atoms with Gasteiger partial charge in [-0.05, 0) is 68.5 Å². The van der Waals surface area contributed by atoms with Gasteiger partial charge in [0.25, 0.3) is 0 Å². The molecule has 0 spiro atoms. The second-order valence-corrected chi connectivity index (χ2v) is 8.44. The number of ketones is 1. The molecule has 2 aromatic rings. The second kappa shape index (κ2) is 16.5. The lowest BCUT2D eigenvalue weighted by Gasteiger charge is -2.17. The van der Waals surface area contributed by atoms with Crippen LogP contribution in [0.15, 0.2) is 36.4 Å². The molecular weight excluding hydrogens is 456 g/mol. The molecule has 198 valence electrons.